The molecule has 0 bridgehead atoms. The first-order chi connectivity index (χ1) is 17.9. The van der Waals surface area contributed by atoms with Crippen molar-refractivity contribution in [1.82, 2.24) is 0 Å². The zero-order valence-corrected chi connectivity index (χ0v) is 22.3. The summed E-state index contributed by atoms with van der Waals surface area (Å²) in [6.07, 6.45) is 2.38. The molecular formula is C26H27N3O7S2. The molecule has 10 nitrogen and oxygen atoms in total. The van der Waals surface area contributed by atoms with Gasteiger partial charge in [-0.15, -0.1) is 0 Å². The number of primary sulfonamides is 1. The predicted molar refractivity (Wildman–Crippen MR) is 144 cm³/mol. The average Bonchev–Trinajstić information content (AvgIpc) is 2.87. The highest BCUT2D eigenvalue weighted by molar-refractivity contribution is 7.92. The lowest BCUT2D eigenvalue weighted by Crippen LogP contribution is -2.29. The van der Waals surface area contributed by atoms with Gasteiger partial charge < -0.3 is 10.1 Å². The second-order valence-corrected chi connectivity index (χ2v) is 11.4. The smallest absolute Gasteiger partial charge is 0.331 e. The van der Waals surface area contributed by atoms with Crippen molar-refractivity contribution in [2.45, 2.75) is 36.2 Å². The Morgan fingerprint density at radius 1 is 0.921 bits per heavy atom. The molecular weight excluding hydrogens is 530 g/mol. The Morgan fingerprint density at radius 2 is 1.58 bits per heavy atom. The minimum Gasteiger partial charge on any atom is -0.449 e. The van der Waals surface area contributed by atoms with Crippen LogP contribution in [0.2, 0.25) is 0 Å². The van der Waals surface area contributed by atoms with Gasteiger partial charge in [-0.2, -0.15) is 0 Å². The van der Waals surface area contributed by atoms with Gasteiger partial charge in [0, 0.05) is 11.8 Å². The minimum atomic E-state index is -4.02. The maximum Gasteiger partial charge on any atom is 0.331 e. The van der Waals surface area contributed by atoms with Crippen LogP contribution in [0, 0.1) is 0 Å². The number of aryl methyl sites for hydroxylation is 1. The summed E-state index contributed by atoms with van der Waals surface area (Å²) in [5.41, 5.74) is 2.25. The number of sulfonamides is 2. The zero-order chi connectivity index (χ0) is 27.9. The molecule has 0 spiro atoms. The fourth-order valence-electron chi connectivity index (χ4n) is 3.21. The molecule has 4 N–H and O–H groups in total. The number of esters is 1. The summed E-state index contributed by atoms with van der Waals surface area (Å²) in [6.45, 7) is 3.48. The number of hydrogen-bond acceptors (Lipinski definition) is 7. The number of carbonyl (C=O) groups is 2. The van der Waals surface area contributed by atoms with Crippen LogP contribution in [-0.2, 0) is 40.8 Å². The highest BCUT2D eigenvalue weighted by Crippen LogP contribution is 2.20. The molecule has 1 atom stereocenters. The van der Waals surface area contributed by atoms with E-state index in [4.69, 9.17) is 9.88 Å². The van der Waals surface area contributed by atoms with Crippen LogP contribution in [-0.4, -0.2) is 34.8 Å². The Labute approximate surface area is 221 Å². The Hall–Kier alpha value is -4.00. The van der Waals surface area contributed by atoms with Crippen molar-refractivity contribution in [3.8, 4) is 0 Å². The van der Waals surface area contributed by atoms with E-state index in [2.05, 4.69) is 10.0 Å². The summed E-state index contributed by atoms with van der Waals surface area (Å²) in [5.74, 6) is -1.23. The molecule has 0 saturated heterocycles. The number of ether oxygens (including phenoxy) is 1. The molecule has 200 valence electrons. The average molecular weight is 558 g/mol. The van der Waals surface area contributed by atoms with Crippen molar-refractivity contribution in [1.29, 1.82) is 0 Å². The normalized spacial score (nSPS) is 12.6. The number of benzene rings is 3. The van der Waals surface area contributed by atoms with E-state index in [-0.39, 0.29) is 15.5 Å². The third-order valence-electron chi connectivity index (χ3n) is 5.31. The second-order valence-electron chi connectivity index (χ2n) is 8.20. The molecule has 0 aliphatic rings. The van der Waals surface area contributed by atoms with E-state index in [0.29, 0.717) is 11.3 Å². The van der Waals surface area contributed by atoms with Crippen LogP contribution < -0.4 is 15.2 Å². The van der Waals surface area contributed by atoms with Gasteiger partial charge in [-0.1, -0.05) is 37.3 Å². The number of nitrogens with two attached hydrogens (primary N) is 1. The van der Waals surface area contributed by atoms with E-state index in [1.807, 2.05) is 19.1 Å². The van der Waals surface area contributed by atoms with Crippen molar-refractivity contribution < 1.29 is 31.2 Å². The second kappa shape index (κ2) is 12.0. The van der Waals surface area contributed by atoms with Crippen molar-refractivity contribution in [2.24, 2.45) is 5.14 Å². The first-order valence-electron chi connectivity index (χ1n) is 11.4. The lowest BCUT2D eigenvalue weighted by molar-refractivity contribution is -0.148. The zero-order valence-electron chi connectivity index (χ0n) is 20.6. The van der Waals surface area contributed by atoms with Gasteiger partial charge in [0.05, 0.1) is 15.5 Å². The Balaban J connectivity index is 1.58. The lowest BCUT2D eigenvalue weighted by Gasteiger charge is -2.12. The Bertz CT molecular complexity index is 1550. The molecule has 0 fully saturated rings. The highest BCUT2D eigenvalue weighted by Gasteiger charge is 2.18. The Kier molecular flexibility index (Phi) is 9.04. The van der Waals surface area contributed by atoms with E-state index in [1.54, 1.807) is 12.1 Å². The van der Waals surface area contributed by atoms with Gasteiger partial charge in [-0.3, -0.25) is 9.52 Å². The third-order valence-corrected chi connectivity index (χ3v) is 7.62. The fourth-order valence-corrected chi connectivity index (χ4v) is 4.82. The van der Waals surface area contributed by atoms with Gasteiger partial charge in [0.2, 0.25) is 10.0 Å². The summed E-state index contributed by atoms with van der Waals surface area (Å²) in [5, 5.41) is 7.77. The first-order valence-corrected chi connectivity index (χ1v) is 14.4. The molecule has 3 rings (SSSR count). The number of nitrogens with one attached hydrogen (secondary N) is 2. The molecule has 0 aliphatic heterocycles. The van der Waals surface area contributed by atoms with E-state index in [0.717, 1.165) is 24.1 Å². The van der Waals surface area contributed by atoms with Crippen LogP contribution >= 0.6 is 0 Å². The molecule has 3 aromatic rings. The van der Waals surface area contributed by atoms with Gasteiger partial charge in [0.1, 0.15) is 0 Å². The van der Waals surface area contributed by atoms with Crippen LogP contribution in [0.3, 0.4) is 0 Å². The van der Waals surface area contributed by atoms with Gasteiger partial charge in [-0.25, -0.2) is 26.8 Å². The van der Waals surface area contributed by atoms with Crippen LogP contribution in [0.25, 0.3) is 6.08 Å². The van der Waals surface area contributed by atoms with Gasteiger partial charge in [0.15, 0.2) is 6.10 Å². The molecule has 1 unspecified atom stereocenters. The molecule has 38 heavy (non-hydrogen) atoms. The number of hydrogen-bond donors (Lipinski definition) is 3. The van der Waals surface area contributed by atoms with E-state index < -0.39 is 38.0 Å². The largest absolute Gasteiger partial charge is 0.449 e. The Morgan fingerprint density at radius 3 is 2.18 bits per heavy atom. The summed E-state index contributed by atoms with van der Waals surface area (Å²) < 4.78 is 55.8. The van der Waals surface area contributed by atoms with Crippen molar-refractivity contribution in [2.75, 3.05) is 10.0 Å². The molecule has 12 heteroatoms. The SMILES string of the molecule is CCc1ccc(NC(=O)C(C)OC(=O)C=Cc2ccc(S(=O)(=O)Nc3cccc(S(N)(=O)=O)c3)cc2)cc1. The quantitative estimate of drug-likeness (QED) is 0.254. The van der Waals surface area contributed by atoms with Crippen molar-refractivity contribution >= 4 is 49.4 Å². The molecule has 0 aromatic heterocycles. The van der Waals surface area contributed by atoms with Crippen molar-refractivity contribution in [3.05, 3.63) is 90.0 Å². The van der Waals surface area contributed by atoms with Crippen LogP contribution in [0.1, 0.15) is 25.0 Å². The van der Waals surface area contributed by atoms with Crippen LogP contribution in [0.4, 0.5) is 11.4 Å². The maximum atomic E-state index is 12.7. The number of anilines is 2. The predicted octanol–water partition coefficient (Wildman–Crippen LogP) is 3.28. The number of rotatable bonds is 10. The highest BCUT2D eigenvalue weighted by atomic mass is 32.2. The molecule has 3 aromatic carbocycles. The summed E-state index contributed by atoms with van der Waals surface area (Å²) in [4.78, 5) is 24.1. The van der Waals surface area contributed by atoms with E-state index in [1.165, 1.54) is 55.5 Å². The van der Waals surface area contributed by atoms with Crippen LogP contribution in [0.5, 0.6) is 0 Å². The molecule has 0 aliphatic carbocycles. The number of carbonyl (C=O) groups excluding carboxylic acids is 2. The van der Waals surface area contributed by atoms with Crippen molar-refractivity contribution in [3.63, 3.8) is 0 Å². The standard InChI is InChI=1S/C26H27N3O7S2/c1-3-19-7-12-21(13-8-19)28-26(31)18(2)36-25(30)16-11-20-9-14-23(15-10-20)38(34,35)29-22-5-4-6-24(17-22)37(27,32)33/h4-18,29H,3H2,1-2H3,(H,28,31)(H2,27,32,33). The molecule has 0 radical (unpaired) electrons. The summed E-state index contributed by atoms with van der Waals surface area (Å²) in [7, 11) is -8.02. The maximum absolute atomic E-state index is 12.7. The molecule has 0 heterocycles. The fraction of sp³-hybridized carbons (Fsp3) is 0.154. The third kappa shape index (κ3) is 8.00. The minimum absolute atomic E-state index is 0.0272. The summed E-state index contributed by atoms with van der Waals surface area (Å²) in [6, 6.07) is 18.0. The topological polar surface area (TPSA) is 162 Å². The van der Waals surface area contributed by atoms with Crippen LogP contribution in [0.15, 0.2) is 88.7 Å². The lowest BCUT2D eigenvalue weighted by atomic mass is 10.1. The monoisotopic (exact) mass is 557 g/mol. The first kappa shape index (κ1) is 28.6. The van der Waals surface area contributed by atoms with E-state index >= 15 is 0 Å². The summed E-state index contributed by atoms with van der Waals surface area (Å²) >= 11 is 0. The van der Waals surface area contributed by atoms with Gasteiger partial charge in [0.25, 0.3) is 15.9 Å². The van der Waals surface area contributed by atoms with Gasteiger partial charge in [-0.05, 0) is 73.0 Å². The molecule has 0 saturated carbocycles. The number of amides is 1. The van der Waals surface area contributed by atoms with E-state index in [9.17, 15) is 26.4 Å². The molecule has 1 amide bonds. The van der Waals surface area contributed by atoms with Gasteiger partial charge >= 0.3 is 5.97 Å².